The van der Waals surface area contributed by atoms with Gasteiger partial charge in [0.2, 0.25) is 0 Å². The quantitative estimate of drug-likeness (QED) is 0.489. The normalized spacial score (nSPS) is 28.5. The molecule has 174 valence electrons. The van der Waals surface area contributed by atoms with Crippen molar-refractivity contribution in [2.45, 2.75) is 25.5 Å². The first-order valence-electron chi connectivity index (χ1n) is 11.5. The maximum absolute atomic E-state index is 12.8. The van der Waals surface area contributed by atoms with E-state index in [9.17, 15) is 9.90 Å². The monoisotopic (exact) mass is 450 g/mol. The molecule has 2 bridgehead atoms. The summed E-state index contributed by atoms with van der Waals surface area (Å²) in [6.07, 6.45) is 8.52. The van der Waals surface area contributed by atoms with E-state index in [0.29, 0.717) is 29.3 Å². The molecule has 0 saturated heterocycles. The molecule has 0 aliphatic heterocycles. The minimum absolute atomic E-state index is 0.0349. The summed E-state index contributed by atoms with van der Waals surface area (Å²) in [5.74, 6) is 1.94. The van der Waals surface area contributed by atoms with E-state index in [1.165, 1.54) is 7.11 Å². The van der Waals surface area contributed by atoms with E-state index in [0.717, 1.165) is 18.4 Å². The van der Waals surface area contributed by atoms with Crippen molar-refractivity contribution in [3.63, 3.8) is 0 Å². The molecular formula is C26H30N2O5. The molecule has 6 atom stereocenters. The number of aliphatic hydroxyl groups is 1. The lowest BCUT2D eigenvalue weighted by atomic mass is 9.70. The third-order valence-corrected chi connectivity index (χ3v) is 7.42. The molecule has 0 radical (unpaired) electrons. The maximum Gasteiger partial charge on any atom is 0.347 e. The number of fused-ring (bicyclic) bond motifs is 5. The molecule has 0 amide bonds. The van der Waals surface area contributed by atoms with Crippen molar-refractivity contribution in [2.24, 2.45) is 29.6 Å². The Kier molecular flexibility index (Phi) is 5.74. The predicted molar refractivity (Wildman–Crippen MR) is 122 cm³/mol. The highest BCUT2D eigenvalue weighted by atomic mass is 16.6. The van der Waals surface area contributed by atoms with Gasteiger partial charge in [0.25, 0.3) is 5.88 Å². The Morgan fingerprint density at radius 1 is 1.21 bits per heavy atom. The highest BCUT2D eigenvalue weighted by Crippen LogP contribution is 2.56. The van der Waals surface area contributed by atoms with Gasteiger partial charge in [0.1, 0.15) is 6.61 Å². The zero-order chi connectivity index (χ0) is 23.1. The Morgan fingerprint density at radius 3 is 2.70 bits per heavy atom. The number of allylic oxidation sites excluding steroid dienone is 3. The molecule has 1 heterocycles. The van der Waals surface area contributed by atoms with Crippen LogP contribution in [0.15, 0.2) is 58.8 Å². The third kappa shape index (κ3) is 3.84. The Bertz CT molecular complexity index is 1070. The first kappa shape index (κ1) is 21.8. The molecule has 0 unspecified atom stereocenters. The first-order valence-corrected chi connectivity index (χ1v) is 11.5. The largest absolute Gasteiger partial charge is 0.512 e. The van der Waals surface area contributed by atoms with Gasteiger partial charge in [0, 0.05) is 11.8 Å². The molecule has 5 rings (SSSR count). The average molecular weight is 451 g/mol. The number of carbonyl (C=O) groups is 1. The van der Waals surface area contributed by atoms with Crippen molar-refractivity contribution in [2.75, 3.05) is 21.2 Å². The number of nitrogens with zero attached hydrogens (tertiary/aromatic N) is 2. The van der Waals surface area contributed by atoms with Gasteiger partial charge < -0.3 is 19.1 Å². The van der Waals surface area contributed by atoms with Gasteiger partial charge in [-0.1, -0.05) is 42.5 Å². The van der Waals surface area contributed by atoms with Crippen LogP contribution in [0, 0.1) is 29.6 Å². The second-order valence-corrected chi connectivity index (χ2v) is 9.53. The second kappa shape index (κ2) is 8.71. The summed E-state index contributed by atoms with van der Waals surface area (Å²) in [6, 6.07) is 9.37. The molecule has 7 nitrogen and oxygen atoms in total. The average Bonchev–Trinajstić information content (AvgIpc) is 3.53. The van der Waals surface area contributed by atoms with Gasteiger partial charge in [0.15, 0.2) is 11.3 Å². The topological polar surface area (TPSA) is 85.0 Å². The maximum atomic E-state index is 12.8. The number of methoxy groups -OCH3 is 1. The second-order valence-electron chi connectivity index (χ2n) is 9.53. The fraction of sp³-hybridized carbons (Fsp3) is 0.462. The summed E-state index contributed by atoms with van der Waals surface area (Å²) in [7, 11) is 5.22. The molecule has 3 aliphatic carbocycles. The number of carbonyl (C=O) groups excluding carboxylic acids is 1. The van der Waals surface area contributed by atoms with Crippen LogP contribution < -0.4 is 4.74 Å². The molecule has 33 heavy (non-hydrogen) atoms. The van der Waals surface area contributed by atoms with Crippen molar-refractivity contribution in [1.82, 2.24) is 10.1 Å². The molecule has 1 aromatic heterocycles. The summed E-state index contributed by atoms with van der Waals surface area (Å²) in [4.78, 5) is 14.8. The number of ether oxygens (including phenoxy) is 2. The standard InChI is InChI=1S/C26H30N2O5/c1-28(2)23(18-12-19-16-9-10-17(11-16)21(19)20(29)13-18)24-22(26(30)31-3)25(27-33-24)32-14-15-7-5-4-6-8-15/h4-10,13,16-19,21,23,29H,11-12,14H2,1-3H3/t16-,17+,18+,19-,21+,23+/m0/s1. The van der Waals surface area contributed by atoms with Gasteiger partial charge in [-0.3, -0.25) is 4.90 Å². The molecule has 1 aromatic carbocycles. The molecule has 7 heteroatoms. The number of hydrogen-bond donors (Lipinski definition) is 1. The fourth-order valence-corrected chi connectivity index (χ4v) is 6.03. The van der Waals surface area contributed by atoms with Gasteiger partial charge >= 0.3 is 5.97 Å². The van der Waals surface area contributed by atoms with Crippen LogP contribution in [0.5, 0.6) is 5.88 Å². The van der Waals surface area contributed by atoms with E-state index in [2.05, 4.69) is 17.3 Å². The van der Waals surface area contributed by atoms with Gasteiger partial charge in [-0.15, -0.1) is 0 Å². The Balaban J connectivity index is 1.46. The van der Waals surface area contributed by atoms with E-state index in [-0.39, 0.29) is 35.9 Å². The zero-order valence-corrected chi connectivity index (χ0v) is 19.2. The van der Waals surface area contributed by atoms with Crippen molar-refractivity contribution in [1.29, 1.82) is 0 Å². The van der Waals surface area contributed by atoms with E-state index in [1.807, 2.05) is 55.4 Å². The predicted octanol–water partition coefficient (Wildman–Crippen LogP) is 4.54. The van der Waals surface area contributed by atoms with Crippen LogP contribution in [0.3, 0.4) is 0 Å². The van der Waals surface area contributed by atoms with Gasteiger partial charge in [-0.25, -0.2) is 4.79 Å². The minimum Gasteiger partial charge on any atom is -0.512 e. The lowest BCUT2D eigenvalue weighted by molar-refractivity contribution is 0.0586. The van der Waals surface area contributed by atoms with Crippen molar-refractivity contribution in [3.8, 4) is 5.88 Å². The van der Waals surface area contributed by atoms with Gasteiger partial charge in [-0.2, -0.15) is 0 Å². The number of benzene rings is 1. The number of esters is 1. The van der Waals surface area contributed by atoms with Crippen LogP contribution in [0.25, 0.3) is 0 Å². The van der Waals surface area contributed by atoms with Crippen LogP contribution in [-0.4, -0.2) is 42.3 Å². The van der Waals surface area contributed by atoms with Crippen LogP contribution in [0.4, 0.5) is 0 Å². The van der Waals surface area contributed by atoms with Crippen molar-refractivity contribution >= 4 is 5.97 Å². The Hall–Kier alpha value is -3.06. The Labute approximate surface area is 193 Å². The van der Waals surface area contributed by atoms with Gasteiger partial charge in [-0.05, 0) is 61.5 Å². The minimum atomic E-state index is -0.550. The van der Waals surface area contributed by atoms with E-state index in [4.69, 9.17) is 14.0 Å². The molecule has 1 fully saturated rings. The van der Waals surface area contributed by atoms with Crippen LogP contribution in [0.2, 0.25) is 0 Å². The molecule has 2 aromatic rings. The van der Waals surface area contributed by atoms with E-state index >= 15 is 0 Å². The van der Waals surface area contributed by atoms with Crippen LogP contribution in [0.1, 0.15) is 40.6 Å². The molecule has 1 N–H and O–H groups in total. The van der Waals surface area contributed by atoms with Crippen molar-refractivity contribution in [3.05, 3.63) is 71.2 Å². The molecule has 3 aliphatic rings. The van der Waals surface area contributed by atoms with Crippen molar-refractivity contribution < 1.29 is 23.9 Å². The summed E-state index contributed by atoms with van der Waals surface area (Å²) >= 11 is 0. The SMILES string of the molecule is COC(=O)c1c(OCc2ccccc2)noc1[C@@H]([C@H]1C=C(O)[C@H]2[C@@H](C1)[C@H]1C=C[C@@H]2C1)N(C)C. The van der Waals surface area contributed by atoms with Crippen LogP contribution >= 0.6 is 0 Å². The highest BCUT2D eigenvalue weighted by Gasteiger charge is 2.50. The highest BCUT2D eigenvalue weighted by molar-refractivity contribution is 5.93. The Morgan fingerprint density at radius 2 is 1.97 bits per heavy atom. The first-order chi connectivity index (χ1) is 16.0. The number of rotatable bonds is 7. The third-order valence-electron chi connectivity index (χ3n) is 7.42. The van der Waals surface area contributed by atoms with E-state index in [1.54, 1.807) is 0 Å². The molecule has 0 spiro atoms. The van der Waals surface area contributed by atoms with E-state index < -0.39 is 5.97 Å². The fourth-order valence-electron chi connectivity index (χ4n) is 6.03. The lowest BCUT2D eigenvalue weighted by Gasteiger charge is -2.38. The summed E-state index contributed by atoms with van der Waals surface area (Å²) < 4.78 is 16.7. The summed E-state index contributed by atoms with van der Waals surface area (Å²) in [5, 5.41) is 15.0. The number of hydrogen-bond acceptors (Lipinski definition) is 7. The number of aliphatic hydroxyl groups excluding tert-OH is 1. The van der Waals surface area contributed by atoms with Crippen LogP contribution in [-0.2, 0) is 11.3 Å². The smallest absolute Gasteiger partial charge is 0.347 e. The van der Waals surface area contributed by atoms with Gasteiger partial charge in [0.05, 0.1) is 18.9 Å². The lowest BCUT2D eigenvalue weighted by Crippen LogP contribution is -2.35. The molecule has 1 saturated carbocycles. The summed E-state index contributed by atoms with van der Waals surface area (Å²) in [6.45, 7) is 0.257. The molecular weight excluding hydrogens is 420 g/mol. The zero-order valence-electron chi connectivity index (χ0n) is 19.2. The number of aromatic nitrogens is 1. The summed E-state index contributed by atoms with van der Waals surface area (Å²) in [5.41, 5.74) is 1.16.